The third-order valence-electron chi connectivity index (χ3n) is 3.80. The zero-order valence-electron chi connectivity index (χ0n) is 13.1. The summed E-state index contributed by atoms with van der Waals surface area (Å²) in [6.07, 6.45) is 0. The number of hydrogen-bond acceptors (Lipinski definition) is 3. The molecule has 0 aliphatic rings. The van der Waals surface area contributed by atoms with Gasteiger partial charge in [-0.1, -0.05) is 18.2 Å². The van der Waals surface area contributed by atoms with Crippen LogP contribution in [0.15, 0.2) is 42.5 Å². The molecule has 0 spiro atoms. The Morgan fingerprint density at radius 3 is 2.61 bits per heavy atom. The molecular formula is C18H18F2N2O. The minimum absolute atomic E-state index is 0.0834. The van der Waals surface area contributed by atoms with Crippen molar-refractivity contribution in [1.29, 1.82) is 5.26 Å². The van der Waals surface area contributed by atoms with Crippen LogP contribution < -0.4 is 4.74 Å². The van der Waals surface area contributed by atoms with Gasteiger partial charge in [-0.25, -0.2) is 8.78 Å². The quantitative estimate of drug-likeness (QED) is 0.811. The van der Waals surface area contributed by atoms with Crippen LogP contribution in [0.4, 0.5) is 8.78 Å². The summed E-state index contributed by atoms with van der Waals surface area (Å²) in [6.45, 7) is 2.89. The molecule has 0 heterocycles. The van der Waals surface area contributed by atoms with E-state index in [4.69, 9.17) is 10.00 Å². The Balaban J connectivity index is 1.92. The van der Waals surface area contributed by atoms with Gasteiger partial charge in [0.25, 0.3) is 0 Å². The predicted octanol–water partition coefficient (Wildman–Crippen LogP) is 3.91. The first-order valence-corrected chi connectivity index (χ1v) is 7.30. The molecule has 0 aliphatic carbocycles. The summed E-state index contributed by atoms with van der Waals surface area (Å²) in [5.41, 5.74) is 1.19. The normalized spacial score (nSPS) is 12.0. The van der Waals surface area contributed by atoms with Gasteiger partial charge in [0, 0.05) is 12.6 Å². The summed E-state index contributed by atoms with van der Waals surface area (Å²) in [6, 6.07) is 12.9. The molecule has 2 aromatic carbocycles. The zero-order valence-corrected chi connectivity index (χ0v) is 13.1. The van der Waals surface area contributed by atoms with E-state index in [9.17, 15) is 8.78 Å². The second-order valence-electron chi connectivity index (χ2n) is 5.29. The summed E-state index contributed by atoms with van der Waals surface area (Å²) in [5, 5.41) is 9.01. The van der Waals surface area contributed by atoms with Crippen molar-refractivity contribution < 1.29 is 13.5 Å². The Kier molecular flexibility index (Phi) is 5.67. The molecule has 0 bridgehead atoms. The lowest BCUT2D eigenvalue weighted by molar-refractivity contribution is 0.200. The molecule has 0 saturated carbocycles. The number of nitriles is 1. The molecule has 5 heteroatoms. The van der Waals surface area contributed by atoms with E-state index in [-0.39, 0.29) is 6.04 Å². The van der Waals surface area contributed by atoms with Crippen LogP contribution in [-0.4, -0.2) is 25.1 Å². The molecular weight excluding hydrogens is 298 g/mol. The fourth-order valence-corrected chi connectivity index (χ4v) is 2.20. The van der Waals surface area contributed by atoms with Gasteiger partial charge in [0.15, 0.2) is 11.6 Å². The number of likely N-dealkylation sites (N-methyl/N-ethyl adjacent to an activating group) is 1. The lowest BCUT2D eigenvalue weighted by Gasteiger charge is -2.25. The summed E-state index contributed by atoms with van der Waals surface area (Å²) < 4.78 is 31.9. The molecule has 2 aromatic rings. The zero-order chi connectivity index (χ0) is 16.8. The van der Waals surface area contributed by atoms with Crippen LogP contribution in [-0.2, 0) is 0 Å². The number of rotatable bonds is 6. The Morgan fingerprint density at radius 2 is 1.91 bits per heavy atom. The highest BCUT2D eigenvalue weighted by Gasteiger charge is 2.14. The van der Waals surface area contributed by atoms with E-state index in [1.807, 2.05) is 24.9 Å². The van der Waals surface area contributed by atoms with Crippen molar-refractivity contribution in [3.05, 3.63) is 65.2 Å². The molecule has 3 nitrogen and oxygen atoms in total. The number of para-hydroxylation sites is 1. The largest absolute Gasteiger partial charge is 0.491 e. The van der Waals surface area contributed by atoms with Crippen LogP contribution in [0.2, 0.25) is 0 Å². The van der Waals surface area contributed by atoms with E-state index in [0.717, 1.165) is 6.07 Å². The fraction of sp³-hybridized carbons (Fsp3) is 0.278. The standard InChI is InChI=1S/C18H18F2N2O/c1-13(14-7-8-16(19)17(20)11-14)22(2)9-10-23-18-6-4-3-5-15(18)12-21/h3-8,11,13H,9-10H2,1-2H3. The van der Waals surface area contributed by atoms with Crippen molar-refractivity contribution in [2.75, 3.05) is 20.2 Å². The number of ether oxygens (including phenoxy) is 1. The number of nitrogens with zero attached hydrogens (tertiary/aromatic N) is 2. The van der Waals surface area contributed by atoms with E-state index in [0.29, 0.717) is 30.0 Å². The maximum atomic E-state index is 13.3. The van der Waals surface area contributed by atoms with Gasteiger partial charge < -0.3 is 4.74 Å². The van der Waals surface area contributed by atoms with Gasteiger partial charge in [-0.05, 0) is 43.8 Å². The van der Waals surface area contributed by atoms with E-state index in [1.165, 1.54) is 6.07 Å². The molecule has 23 heavy (non-hydrogen) atoms. The molecule has 1 unspecified atom stereocenters. The summed E-state index contributed by atoms with van der Waals surface area (Å²) in [5.74, 6) is -1.15. The fourth-order valence-electron chi connectivity index (χ4n) is 2.20. The van der Waals surface area contributed by atoms with Crippen molar-refractivity contribution in [3.8, 4) is 11.8 Å². The van der Waals surface area contributed by atoms with Gasteiger partial charge in [0.2, 0.25) is 0 Å². The van der Waals surface area contributed by atoms with Gasteiger partial charge in [0.1, 0.15) is 18.4 Å². The molecule has 0 saturated heterocycles. The Bertz CT molecular complexity index is 712. The molecule has 0 radical (unpaired) electrons. The SMILES string of the molecule is CC(c1ccc(F)c(F)c1)N(C)CCOc1ccccc1C#N. The van der Waals surface area contributed by atoms with Crippen LogP contribution in [0.1, 0.15) is 24.1 Å². The third kappa shape index (κ3) is 4.27. The van der Waals surface area contributed by atoms with Gasteiger partial charge in [-0.15, -0.1) is 0 Å². The molecule has 0 aromatic heterocycles. The minimum atomic E-state index is -0.847. The minimum Gasteiger partial charge on any atom is -0.491 e. The second-order valence-corrected chi connectivity index (χ2v) is 5.29. The van der Waals surface area contributed by atoms with Crippen LogP contribution >= 0.6 is 0 Å². The number of benzene rings is 2. The van der Waals surface area contributed by atoms with E-state index >= 15 is 0 Å². The molecule has 1 atom stereocenters. The number of halogens is 2. The van der Waals surface area contributed by atoms with Crippen molar-refractivity contribution in [1.82, 2.24) is 4.90 Å². The third-order valence-corrected chi connectivity index (χ3v) is 3.80. The summed E-state index contributed by atoms with van der Waals surface area (Å²) >= 11 is 0. The van der Waals surface area contributed by atoms with Crippen LogP contribution in [0.5, 0.6) is 5.75 Å². The monoisotopic (exact) mass is 316 g/mol. The first-order chi connectivity index (χ1) is 11.0. The Morgan fingerprint density at radius 1 is 1.17 bits per heavy atom. The van der Waals surface area contributed by atoms with Crippen LogP contribution in [0.25, 0.3) is 0 Å². The highest BCUT2D eigenvalue weighted by atomic mass is 19.2. The van der Waals surface area contributed by atoms with Gasteiger partial charge in [0.05, 0.1) is 5.56 Å². The highest BCUT2D eigenvalue weighted by Crippen LogP contribution is 2.21. The molecule has 0 amide bonds. The summed E-state index contributed by atoms with van der Waals surface area (Å²) in [7, 11) is 1.88. The smallest absolute Gasteiger partial charge is 0.159 e. The maximum absolute atomic E-state index is 13.3. The van der Waals surface area contributed by atoms with Gasteiger partial charge in [-0.3, -0.25) is 4.90 Å². The van der Waals surface area contributed by atoms with Crippen molar-refractivity contribution in [3.63, 3.8) is 0 Å². The first kappa shape index (κ1) is 16.9. The average molecular weight is 316 g/mol. The van der Waals surface area contributed by atoms with Gasteiger partial charge in [-0.2, -0.15) is 5.26 Å². The second kappa shape index (κ2) is 7.70. The molecule has 0 N–H and O–H groups in total. The van der Waals surface area contributed by atoms with Crippen molar-refractivity contribution in [2.24, 2.45) is 0 Å². The topological polar surface area (TPSA) is 36.3 Å². The Labute approximate surface area is 134 Å². The van der Waals surface area contributed by atoms with Crippen molar-refractivity contribution in [2.45, 2.75) is 13.0 Å². The average Bonchev–Trinajstić information content (AvgIpc) is 2.57. The van der Waals surface area contributed by atoms with Crippen LogP contribution in [0, 0.1) is 23.0 Å². The van der Waals surface area contributed by atoms with Crippen LogP contribution in [0.3, 0.4) is 0 Å². The first-order valence-electron chi connectivity index (χ1n) is 7.30. The van der Waals surface area contributed by atoms with Crippen molar-refractivity contribution >= 4 is 0 Å². The molecule has 120 valence electrons. The van der Waals surface area contributed by atoms with Gasteiger partial charge >= 0.3 is 0 Å². The van der Waals surface area contributed by atoms with E-state index in [1.54, 1.807) is 24.3 Å². The molecule has 2 rings (SSSR count). The Hall–Kier alpha value is -2.45. The maximum Gasteiger partial charge on any atom is 0.159 e. The lowest BCUT2D eigenvalue weighted by Crippen LogP contribution is -2.27. The summed E-state index contributed by atoms with van der Waals surface area (Å²) in [4.78, 5) is 1.97. The van der Waals surface area contributed by atoms with E-state index < -0.39 is 11.6 Å². The number of hydrogen-bond donors (Lipinski definition) is 0. The highest BCUT2D eigenvalue weighted by molar-refractivity contribution is 5.42. The van der Waals surface area contributed by atoms with E-state index in [2.05, 4.69) is 6.07 Å². The molecule has 0 fully saturated rings. The lowest BCUT2D eigenvalue weighted by atomic mass is 10.1. The predicted molar refractivity (Wildman–Crippen MR) is 84.1 cm³/mol. The molecule has 0 aliphatic heterocycles.